The van der Waals surface area contributed by atoms with E-state index in [0.29, 0.717) is 19.1 Å². The molecule has 0 unspecified atom stereocenters. The number of rotatable bonds is 3. The van der Waals surface area contributed by atoms with Gasteiger partial charge in [-0.05, 0) is 24.6 Å². The highest BCUT2D eigenvalue weighted by Crippen LogP contribution is 2.18. The molecule has 1 aromatic heterocycles. The molecule has 0 radical (unpaired) electrons. The number of amides is 2. The van der Waals surface area contributed by atoms with Gasteiger partial charge in [0.05, 0.1) is 25.3 Å². The van der Waals surface area contributed by atoms with Crippen LogP contribution < -0.4 is 5.32 Å². The molecule has 1 aliphatic rings. The number of nitrogens with zero attached hydrogens (tertiary/aromatic N) is 2. The molecule has 1 aliphatic heterocycles. The van der Waals surface area contributed by atoms with Gasteiger partial charge in [-0.3, -0.25) is 4.98 Å². The molecule has 0 spiro atoms. The molecule has 1 fully saturated rings. The van der Waals surface area contributed by atoms with Crippen molar-refractivity contribution in [1.29, 1.82) is 0 Å². The predicted molar refractivity (Wildman–Crippen MR) is 72.7 cm³/mol. The Labute approximate surface area is 114 Å². The number of hydrogen-bond acceptors (Lipinski definition) is 3. The third-order valence-corrected chi connectivity index (χ3v) is 3.76. The number of nitrogens with one attached hydrogen (secondary N) is 1. The molecule has 0 aliphatic carbocycles. The van der Waals surface area contributed by atoms with Crippen LogP contribution in [-0.4, -0.2) is 42.2 Å². The van der Waals surface area contributed by atoms with Gasteiger partial charge in [-0.2, -0.15) is 0 Å². The second-order valence-electron chi connectivity index (χ2n) is 5.14. The van der Waals surface area contributed by atoms with Gasteiger partial charge in [0.15, 0.2) is 0 Å². The van der Waals surface area contributed by atoms with Crippen molar-refractivity contribution in [2.75, 3.05) is 20.3 Å². The zero-order valence-corrected chi connectivity index (χ0v) is 11.7. The summed E-state index contributed by atoms with van der Waals surface area (Å²) in [6.07, 6.45) is 3.48. The minimum atomic E-state index is -0.0633. The molecular weight excluding hydrogens is 242 g/mol. The van der Waals surface area contributed by atoms with E-state index < -0.39 is 0 Å². The van der Waals surface area contributed by atoms with E-state index in [2.05, 4.69) is 17.2 Å². The molecule has 19 heavy (non-hydrogen) atoms. The summed E-state index contributed by atoms with van der Waals surface area (Å²) in [5.41, 5.74) is 1.07. The second-order valence-corrected chi connectivity index (χ2v) is 5.14. The Morgan fingerprint density at radius 1 is 1.47 bits per heavy atom. The Kier molecular flexibility index (Phi) is 4.37. The number of urea groups is 1. The van der Waals surface area contributed by atoms with Crippen LogP contribution in [0.5, 0.6) is 0 Å². The fraction of sp³-hybridized carbons (Fsp3) is 0.571. The van der Waals surface area contributed by atoms with Crippen molar-refractivity contribution in [2.45, 2.75) is 25.9 Å². The van der Waals surface area contributed by atoms with Crippen LogP contribution in [-0.2, 0) is 4.74 Å². The second kappa shape index (κ2) is 6.02. The summed E-state index contributed by atoms with van der Waals surface area (Å²) in [7, 11) is 1.81. The predicted octanol–water partition coefficient (Wildman–Crippen LogP) is 1.82. The van der Waals surface area contributed by atoms with E-state index in [1.165, 1.54) is 0 Å². The average molecular weight is 263 g/mol. The van der Waals surface area contributed by atoms with E-state index in [9.17, 15) is 4.79 Å². The molecule has 0 saturated carbocycles. The van der Waals surface area contributed by atoms with Crippen LogP contribution in [0.3, 0.4) is 0 Å². The van der Waals surface area contributed by atoms with Crippen molar-refractivity contribution in [2.24, 2.45) is 5.92 Å². The Balaban J connectivity index is 1.95. The highest BCUT2D eigenvalue weighted by molar-refractivity contribution is 5.74. The molecule has 1 N–H and O–H groups in total. The number of pyridine rings is 1. The third kappa shape index (κ3) is 3.23. The maximum absolute atomic E-state index is 12.2. The van der Waals surface area contributed by atoms with Gasteiger partial charge in [-0.1, -0.05) is 6.92 Å². The van der Waals surface area contributed by atoms with Crippen LogP contribution in [0.2, 0.25) is 0 Å². The Bertz CT molecular complexity index is 424. The maximum Gasteiger partial charge on any atom is 0.317 e. The first-order chi connectivity index (χ1) is 9.09. The maximum atomic E-state index is 12.2. The van der Waals surface area contributed by atoms with Crippen molar-refractivity contribution in [3.8, 4) is 0 Å². The summed E-state index contributed by atoms with van der Waals surface area (Å²) < 4.78 is 5.35. The first-order valence-electron chi connectivity index (χ1n) is 6.60. The van der Waals surface area contributed by atoms with E-state index in [0.717, 1.165) is 5.56 Å². The highest BCUT2D eigenvalue weighted by Gasteiger charge is 2.27. The lowest BCUT2D eigenvalue weighted by molar-refractivity contribution is 0.175. The molecule has 0 aromatic carbocycles. The summed E-state index contributed by atoms with van der Waals surface area (Å²) in [6, 6.07) is 3.91. The van der Waals surface area contributed by atoms with E-state index in [4.69, 9.17) is 4.74 Å². The molecule has 0 bridgehead atoms. The first kappa shape index (κ1) is 13.8. The zero-order chi connectivity index (χ0) is 13.8. The zero-order valence-electron chi connectivity index (χ0n) is 11.7. The molecule has 5 heteroatoms. The van der Waals surface area contributed by atoms with Crippen LogP contribution in [0.1, 0.15) is 25.5 Å². The lowest BCUT2D eigenvalue weighted by Crippen LogP contribution is -2.46. The quantitative estimate of drug-likeness (QED) is 0.905. The molecule has 2 amide bonds. The number of carbonyl (C=O) groups excluding carboxylic acids is 1. The Morgan fingerprint density at radius 3 is 2.74 bits per heavy atom. The fourth-order valence-corrected chi connectivity index (χ4v) is 2.15. The minimum absolute atomic E-state index is 0.0145. The van der Waals surface area contributed by atoms with Crippen LogP contribution in [0.15, 0.2) is 24.5 Å². The molecule has 1 saturated heterocycles. The normalized spacial score (nSPS) is 23.9. The van der Waals surface area contributed by atoms with E-state index in [-0.39, 0.29) is 18.1 Å². The van der Waals surface area contributed by atoms with Crippen molar-refractivity contribution >= 4 is 6.03 Å². The summed E-state index contributed by atoms with van der Waals surface area (Å²) in [4.78, 5) is 17.9. The first-order valence-corrected chi connectivity index (χ1v) is 6.60. The third-order valence-electron chi connectivity index (χ3n) is 3.76. The standard InChI is InChI=1S/C14H21N3O2/c1-10-8-19-9-13(10)16-14(18)17(3)11(2)12-4-6-15-7-5-12/h4-7,10-11,13H,8-9H2,1-3H3,(H,16,18)/t10-,11-,13-/m0/s1. The van der Waals surface area contributed by atoms with Crippen molar-refractivity contribution in [1.82, 2.24) is 15.2 Å². The lowest BCUT2D eigenvalue weighted by Gasteiger charge is -2.27. The van der Waals surface area contributed by atoms with Crippen LogP contribution in [0, 0.1) is 5.92 Å². The number of carbonyl (C=O) groups is 1. The van der Waals surface area contributed by atoms with Gasteiger partial charge in [0.1, 0.15) is 0 Å². The molecule has 104 valence electrons. The molecular formula is C14H21N3O2. The Hall–Kier alpha value is -1.62. The van der Waals surface area contributed by atoms with E-state index in [1.807, 2.05) is 19.1 Å². The minimum Gasteiger partial charge on any atom is -0.379 e. The van der Waals surface area contributed by atoms with Crippen molar-refractivity contribution in [3.05, 3.63) is 30.1 Å². The van der Waals surface area contributed by atoms with Gasteiger partial charge in [-0.25, -0.2) is 4.79 Å². The number of ether oxygens (including phenoxy) is 1. The SMILES string of the molecule is C[C@H]1COC[C@@H]1NC(=O)N(C)[C@@H](C)c1ccncc1. The van der Waals surface area contributed by atoms with Crippen LogP contribution >= 0.6 is 0 Å². The summed E-state index contributed by atoms with van der Waals surface area (Å²) >= 11 is 0. The largest absolute Gasteiger partial charge is 0.379 e. The van der Waals surface area contributed by atoms with Crippen molar-refractivity contribution < 1.29 is 9.53 Å². The van der Waals surface area contributed by atoms with Crippen LogP contribution in [0.4, 0.5) is 4.79 Å². The lowest BCUT2D eigenvalue weighted by atomic mass is 10.1. The summed E-state index contributed by atoms with van der Waals surface area (Å²) in [5.74, 6) is 0.369. The van der Waals surface area contributed by atoms with E-state index >= 15 is 0 Å². The van der Waals surface area contributed by atoms with Crippen molar-refractivity contribution in [3.63, 3.8) is 0 Å². The fourth-order valence-electron chi connectivity index (χ4n) is 2.15. The topological polar surface area (TPSA) is 54.5 Å². The van der Waals surface area contributed by atoms with Gasteiger partial charge in [-0.15, -0.1) is 0 Å². The van der Waals surface area contributed by atoms with Gasteiger partial charge in [0.2, 0.25) is 0 Å². The molecule has 1 aromatic rings. The molecule has 2 rings (SSSR count). The molecule has 3 atom stereocenters. The number of aromatic nitrogens is 1. The monoisotopic (exact) mass is 263 g/mol. The molecule has 5 nitrogen and oxygen atoms in total. The van der Waals surface area contributed by atoms with Gasteiger partial charge < -0.3 is 15.0 Å². The average Bonchev–Trinajstić information content (AvgIpc) is 2.83. The van der Waals surface area contributed by atoms with Gasteiger partial charge >= 0.3 is 6.03 Å². The van der Waals surface area contributed by atoms with E-state index in [1.54, 1.807) is 24.3 Å². The summed E-state index contributed by atoms with van der Waals surface area (Å²) in [5, 5.41) is 3.03. The van der Waals surface area contributed by atoms with Gasteiger partial charge in [0.25, 0.3) is 0 Å². The van der Waals surface area contributed by atoms with Crippen LogP contribution in [0.25, 0.3) is 0 Å². The Morgan fingerprint density at radius 2 is 2.16 bits per heavy atom. The highest BCUT2D eigenvalue weighted by atomic mass is 16.5. The molecule has 2 heterocycles. The smallest absolute Gasteiger partial charge is 0.317 e. The summed E-state index contributed by atoms with van der Waals surface area (Å²) in [6.45, 7) is 5.41. The number of hydrogen-bond donors (Lipinski definition) is 1. The van der Waals surface area contributed by atoms with Gasteiger partial charge in [0, 0.05) is 25.4 Å².